The SMILES string of the molecule is CCCCOc1ccc(C(=O)Nc2nc3ccc(F)cc3s2)cc1. The predicted molar refractivity (Wildman–Crippen MR) is 94.4 cm³/mol. The number of nitrogens with zero attached hydrogens (tertiary/aromatic N) is 1. The number of rotatable bonds is 6. The van der Waals surface area contributed by atoms with E-state index in [2.05, 4.69) is 17.2 Å². The number of carbonyl (C=O) groups is 1. The van der Waals surface area contributed by atoms with Crippen LogP contribution in [0.1, 0.15) is 30.1 Å². The fraction of sp³-hybridized carbons (Fsp3) is 0.222. The number of aromatic nitrogens is 1. The van der Waals surface area contributed by atoms with Crippen LogP contribution >= 0.6 is 11.3 Å². The Kier molecular flexibility index (Phi) is 5.05. The van der Waals surface area contributed by atoms with Gasteiger partial charge in [-0.05, 0) is 48.9 Å². The zero-order valence-corrected chi connectivity index (χ0v) is 14.0. The maximum Gasteiger partial charge on any atom is 0.257 e. The summed E-state index contributed by atoms with van der Waals surface area (Å²) in [7, 11) is 0. The molecule has 0 atom stereocenters. The van der Waals surface area contributed by atoms with Crippen molar-refractivity contribution in [3.63, 3.8) is 0 Å². The van der Waals surface area contributed by atoms with E-state index in [-0.39, 0.29) is 11.7 Å². The third-order valence-corrected chi connectivity index (χ3v) is 4.39. The highest BCUT2D eigenvalue weighted by Crippen LogP contribution is 2.27. The Labute approximate surface area is 143 Å². The van der Waals surface area contributed by atoms with E-state index in [1.165, 1.54) is 23.5 Å². The normalized spacial score (nSPS) is 10.8. The van der Waals surface area contributed by atoms with E-state index in [0.717, 1.165) is 18.6 Å². The van der Waals surface area contributed by atoms with Crippen LogP contribution in [0.25, 0.3) is 10.2 Å². The molecular formula is C18H17FN2O2S. The minimum atomic E-state index is -0.317. The molecule has 6 heteroatoms. The van der Waals surface area contributed by atoms with Gasteiger partial charge in [-0.25, -0.2) is 9.37 Å². The number of thiazole rings is 1. The van der Waals surface area contributed by atoms with Crippen LogP contribution in [0.4, 0.5) is 9.52 Å². The first-order chi connectivity index (χ1) is 11.7. The van der Waals surface area contributed by atoms with Crippen molar-refractivity contribution in [3.8, 4) is 5.75 Å². The van der Waals surface area contributed by atoms with Gasteiger partial charge in [0, 0.05) is 5.56 Å². The van der Waals surface area contributed by atoms with E-state index in [9.17, 15) is 9.18 Å². The van der Waals surface area contributed by atoms with E-state index in [1.54, 1.807) is 30.3 Å². The average molecular weight is 344 g/mol. The van der Waals surface area contributed by atoms with Crippen molar-refractivity contribution < 1.29 is 13.9 Å². The highest BCUT2D eigenvalue weighted by Gasteiger charge is 2.10. The Hall–Kier alpha value is -2.47. The molecule has 0 fully saturated rings. The highest BCUT2D eigenvalue weighted by molar-refractivity contribution is 7.22. The molecule has 0 aliphatic carbocycles. The van der Waals surface area contributed by atoms with E-state index >= 15 is 0 Å². The second kappa shape index (κ2) is 7.40. The number of hydrogen-bond acceptors (Lipinski definition) is 4. The molecule has 3 rings (SSSR count). The number of fused-ring (bicyclic) bond motifs is 1. The van der Waals surface area contributed by atoms with Gasteiger partial charge in [0.25, 0.3) is 5.91 Å². The standard InChI is InChI=1S/C18H17FN2O2S/c1-2-3-10-23-14-7-4-12(5-8-14)17(22)21-18-20-15-9-6-13(19)11-16(15)24-18/h4-9,11H,2-3,10H2,1H3,(H,20,21,22). The molecule has 1 heterocycles. The summed E-state index contributed by atoms with van der Waals surface area (Å²) in [6.45, 7) is 2.78. The molecule has 1 N–H and O–H groups in total. The zero-order chi connectivity index (χ0) is 16.9. The van der Waals surface area contributed by atoms with Gasteiger partial charge in [-0.3, -0.25) is 10.1 Å². The molecule has 0 aliphatic rings. The van der Waals surface area contributed by atoms with Crippen molar-refractivity contribution in [3.05, 3.63) is 53.8 Å². The first kappa shape index (κ1) is 16.4. The smallest absolute Gasteiger partial charge is 0.257 e. The molecule has 4 nitrogen and oxygen atoms in total. The van der Waals surface area contributed by atoms with Crippen molar-refractivity contribution in [1.82, 2.24) is 4.98 Å². The summed E-state index contributed by atoms with van der Waals surface area (Å²) in [6, 6.07) is 11.3. The Bertz CT molecular complexity index is 846. The Morgan fingerprint density at radius 2 is 2.04 bits per heavy atom. The van der Waals surface area contributed by atoms with Crippen molar-refractivity contribution >= 4 is 32.6 Å². The fourth-order valence-corrected chi connectivity index (χ4v) is 3.04. The molecule has 24 heavy (non-hydrogen) atoms. The van der Waals surface area contributed by atoms with Gasteiger partial charge in [-0.2, -0.15) is 0 Å². The van der Waals surface area contributed by atoms with Gasteiger partial charge in [0.15, 0.2) is 5.13 Å². The van der Waals surface area contributed by atoms with Gasteiger partial charge >= 0.3 is 0 Å². The van der Waals surface area contributed by atoms with Gasteiger partial charge in [-0.1, -0.05) is 24.7 Å². The van der Waals surface area contributed by atoms with E-state index in [4.69, 9.17) is 4.74 Å². The van der Waals surface area contributed by atoms with Crippen LogP contribution in [-0.4, -0.2) is 17.5 Å². The van der Waals surface area contributed by atoms with Gasteiger partial charge in [0.2, 0.25) is 0 Å². The van der Waals surface area contributed by atoms with Crippen LogP contribution < -0.4 is 10.1 Å². The molecule has 0 unspecified atom stereocenters. The third kappa shape index (κ3) is 3.89. The summed E-state index contributed by atoms with van der Waals surface area (Å²) in [4.78, 5) is 16.6. The summed E-state index contributed by atoms with van der Waals surface area (Å²) in [5.74, 6) is 0.174. The number of hydrogen-bond donors (Lipinski definition) is 1. The lowest BCUT2D eigenvalue weighted by Crippen LogP contribution is -2.11. The lowest BCUT2D eigenvalue weighted by Gasteiger charge is -2.06. The zero-order valence-electron chi connectivity index (χ0n) is 13.2. The minimum absolute atomic E-state index is 0.255. The minimum Gasteiger partial charge on any atom is -0.494 e. The molecule has 0 aliphatic heterocycles. The van der Waals surface area contributed by atoms with Crippen molar-refractivity contribution in [2.75, 3.05) is 11.9 Å². The lowest BCUT2D eigenvalue weighted by molar-refractivity contribution is 0.102. The topological polar surface area (TPSA) is 51.2 Å². The molecule has 1 amide bonds. The van der Waals surface area contributed by atoms with Crippen molar-refractivity contribution in [2.45, 2.75) is 19.8 Å². The number of carbonyl (C=O) groups excluding carboxylic acids is 1. The van der Waals surface area contributed by atoms with E-state index in [1.807, 2.05) is 0 Å². The molecule has 3 aromatic rings. The fourth-order valence-electron chi connectivity index (χ4n) is 2.16. The van der Waals surface area contributed by atoms with Crippen LogP contribution in [0.15, 0.2) is 42.5 Å². The number of anilines is 1. The quantitative estimate of drug-likeness (QED) is 0.649. The number of amides is 1. The molecule has 0 saturated heterocycles. The second-order valence-corrected chi connectivity index (χ2v) is 6.34. The summed E-state index contributed by atoms with van der Waals surface area (Å²) >= 11 is 1.24. The summed E-state index contributed by atoms with van der Waals surface area (Å²) in [5, 5.41) is 3.19. The van der Waals surface area contributed by atoms with E-state index < -0.39 is 0 Å². The molecule has 1 aromatic heterocycles. The molecular weight excluding hydrogens is 327 g/mol. The van der Waals surface area contributed by atoms with Crippen LogP contribution in [0.3, 0.4) is 0 Å². The number of halogens is 1. The first-order valence-electron chi connectivity index (χ1n) is 7.76. The molecule has 2 aromatic carbocycles. The predicted octanol–water partition coefficient (Wildman–Crippen LogP) is 4.87. The third-order valence-electron chi connectivity index (χ3n) is 3.45. The van der Waals surface area contributed by atoms with Crippen LogP contribution in [0, 0.1) is 5.82 Å². The average Bonchev–Trinajstić information content (AvgIpc) is 2.97. The largest absolute Gasteiger partial charge is 0.494 e. The van der Waals surface area contributed by atoms with Crippen molar-refractivity contribution in [2.24, 2.45) is 0 Å². The first-order valence-corrected chi connectivity index (χ1v) is 8.57. The van der Waals surface area contributed by atoms with E-state index in [0.29, 0.717) is 27.5 Å². The Balaban J connectivity index is 1.67. The molecule has 0 spiro atoms. The van der Waals surface area contributed by atoms with Gasteiger partial charge in [-0.15, -0.1) is 0 Å². The number of unbranched alkanes of at least 4 members (excludes halogenated alkanes) is 1. The lowest BCUT2D eigenvalue weighted by atomic mass is 10.2. The molecule has 0 saturated carbocycles. The van der Waals surface area contributed by atoms with Gasteiger partial charge in [0.1, 0.15) is 11.6 Å². The van der Waals surface area contributed by atoms with Crippen LogP contribution in [-0.2, 0) is 0 Å². The molecule has 0 radical (unpaired) electrons. The van der Waals surface area contributed by atoms with Crippen LogP contribution in [0.2, 0.25) is 0 Å². The maximum atomic E-state index is 13.2. The van der Waals surface area contributed by atoms with Crippen molar-refractivity contribution in [1.29, 1.82) is 0 Å². The molecule has 0 bridgehead atoms. The summed E-state index contributed by atoms with van der Waals surface area (Å²) < 4.78 is 19.5. The maximum absolute atomic E-state index is 13.2. The number of nitrogens with one attached hydrogen (secondary N) is 1. The summed E-state index contributed by atoms with van der Waals surface area (Å²) in [5.41, 5.74) is 1.18. The van der Waals surface area contributed by atoms with Gasteiger partial charge < -0.3 is 4.74 Å². The Morgan fingerprint density at radius 1 is 1.25 bits per heavy atom. The van der Waals surface area contributed by atoms with Gasteiger partial charge in [0.05, 0.1) is 16.8 Å². The number of ether oxygens (including phenoxy) is 1. The van der Waals surface area contributed by atoms with Crippen LogP contribution in [0.5, 0.6) is 5.75 Å². The monoisotopic (exact) mass is 344 g/mol. The second-order valence-electron chi connectivity index (χ2n) is 5.31. The molecule has 124 valence electrons. The number of benzene rings is 2. The highest BCUT2D eigenvalue weighted by atomic mass is 32.1. The Morgan fingerprint density at radius 3 is 2.79 bits per heavy atom. The summed E-state index contributed by atoms with van der Waals surface area (Å²) in [6.07, 6.45) is 2.08.